The summed E-state index contributed by atoms with van der Waals surface area (Å²) in [6.45, 7) is 7.18. The largest absolute Gasteiger partial charge is 0.484 e. The molecule has 0 bridgehead atoms. The molecular weight excluding hydrogens is 330 g/mol. The van der Waals surface area contributed by atoms with Crippen molar-refractivity contribution in [3.05, 3.63) is 59.8 Å². The number of hydrogen-bond donors (Lipinski definition) is 0. The molecule has 0 aromatic carbocycles. The first-order valence-electron chi connectivity index (χ1n) is 8.92. The molecule has 0 amide bonds. The molecule has 0 saturated carbocycles. The molecule has 0 aliphatic carbocycles. The van der Waals surface area contributed by atoms with E-state index in [1.54, 1.807) is 12.4 Å². The van der Waals surface area contributed by atoms with Gasteiger partial charge >= 0.3 is 0 Å². The van der Waals surface area contributed by atoms with Crippen molar-refractivity contribution in [3.8, 4) is 5.75 Å². The minimum absolute atomic E-state index is 0.373. The summed E-state index contributed by atoms with van der Waals surface area (Å²) in [4.78, 5) is 6.49. The van der Waals surface area contributed by atoms with E-state index in [9.17, 15) is 0 Å². The quantitative estimate of drug-likeness (QED) is 0.702. The van der Waals surface area contributed by atoms with Gasteiger partial charge in [-0.15, -0.1) is 10.2 Å². The number of nitrogens with zero attached hydrogens (tertiary/aromatic N) is 5. The van der Waals surface area contributed by atoms with Gasteiger partial charge in [-0.25, -0.2) is 0 Å². The zero-order chi connectivity index (χ0) is 17.9. The Balaban J connectivity index is 1.44. The molecule has 4 rings (SSSR count). The third-order valence-corrected chi connectivity index (χ3v) is 4.77. The Labute approximate surface area is 152 Å². The Hall–Kier alpha value is -2.67. The molecule has 0 radical (unpaired) electrons. The van der Waals surface area contributed by atoms with E-state index in [0.717, 1.165) is 55.0 Å². The molecule has 3 aromatic heterocycles. The molecule has 1 atom stereocenters. The SMILES string of the molecule is Cc1ccc(CN2CCn3c(COc4cccnc4)nnc3CC2C)o1. The first-order chi connectivity index (χ1) is 12.7. The Morgan fingerprint density at radius 2 is 2.15 bits per heavy atom. The smallest absolute Gasteiger partial charge is 0.171 e. The average molecular weight is 353 g/mol. The highest BCUT2D eigenvalue weighted by Gasteiger charge is 2.24. The third kappa shape index (κ3) is 3.62. The Morgan fingerprint density at radius 1 is 1.23 bits per heavy atom. The van der Waals surface area contributed by atoms with Crippen LogP contribution >= 0.6 is 0 Å². The molecule has 7 heteroatoms. The minimum Gasteiger partial charge on any atom is -0.484 e. The highest BCUT2D eigenvalue weighted by molar-refractivity contribution is 5.15. The first-order valence-corrected chi connectivity index (χ1v) is 8.92. The predicted molar refractivity (Wildman–Crippen MR) is 95.6 cm³/mol. The van der Waals surface area contributed by atoms with Crippen LogP contribution in [0.15, 0.2) is 41.1 Å². The van der Waals surface area contributed by atoms with Crippen LogP contribution in [0.1, 0.15) is 30.1 Å². The van der Waals surface area contributed by atoms with Crippen molar-refractivity contribution in [2.75, 3.05) is 6.54 Å². The van der Waals surface area contributed by atoms with E-state index in [4.69, 9.17) is 9.15 Å². The summed E-state index contributed by atoms with van der Waals surface area (Å²) >= 11 is 0. The monoisotopic (exact) mass is 353 g/mol. The molecule has 1 aliphatic rings. The fraction of sp³-hybridized carbons (Fsp3) is 0.421. The average Bonchev–Trinajstić information content (AvgIpc) is 3.19. The normalized spacial score (nSPS) is 17.7. The third-order valence-electron chi connectivity index (χ3n) is 4.77. The lowest BCUT2D eigenvalue weighted by Crippen LogP contribution is -2.34. The van der Waals surface area contributed by atoms with Gasteiger partial charge < -0.3 is 13.7 Å². The number of pyridine rings is 1. The molecule has 136 valence electrons. The van der Waals surface area contributed by atoms with Crippen molar-refractivity contribution >= 4 is 0 Å². The zero-order valence-electron chi connectivity index (χ0n) is 15.1. The summed E-state index contributed by atoms with van der Waals surface area (Å²) in [5, 5.41) is 8.72. The number of rotatable bonds is 5. The van der Waals surface area contributed by atoms with Crippen LogP contribution in [0.2, 0.25) is 0 Å². The standard InChI is InChI=1S/C19H23N5O2/c1-14-10-18-21-22-19(13-25-16-4-3-7-20-11-16)24(18)9-8-23(14)12-17-6-5-15(2)26-17/h3-7,11,14H,8-10,12-13H2,1-2H3. The zero-order valence-corrected chi connectivity index (χ0v) is 15.1. The van der Waals surface area contributed by atoms with Crippen molar-refractivity contribution in [2.45, 2.75) is 46.0 Å². The number of aromatic nitrogens is 4. The van der Waals surface area contributed by atoms with Crippen LogP contribution in [0.25, 0.3) is 0 Å². The van der Waals surface area contributed by atoms with Gasteiger partial charge in [-0.2, -0.15) is 0 Å². The fourth-order valence-electron chi connectivity index (χ4n) is 3.32. The molecule has 26 heavy (non-hydrogen) atoms. The summed E-state index contributed by atoms with van der Waals surface area (Å²) in [5.41, 5.74) is 0. The van der Waals surface area contributed by atoms with Crippen LogP contribution < -0.4 is 4.74 Å². The molecule has 0 spiro atoms. The predicted octanol–water partition coefficient (Wildman–Crippen LogP) is 2.60. The molecule has 3 aromatic rings. The van der Waals surface area contributed by atoms with Gasteiger partial charge in [-0.3, -0.25) is 9.88 Å². The number of ether oxygens (including phenoxy) is 1. The highest BCUT2D eigenvalue weighted by atomic mass is 16.5. The lowest BCUT2D eigenvalue weighted by Gasteiger charge is -2.25. The molecular formula is C19H23N5O2. The molecule has 4 heterocycles. The van der Waals surface area contributed by atoms with E-state index >= 15 is 0 Å². The van der Waals surface area contributed by atoms with Crippen LogP contribution in [-0.4, -0.2) is 37.2 Å². The molecule has 1 unspecified atom stereocenters. The minimum atomic E-state index is 0.373. The van der Waals surface area contributed by atoms with Gasteiger partial charge in [0.2, 0.25) is 0 Å². The number of furan rings is 1. The van der Waals surface area contributed by atoms with Gasteiger partial charge in [-0.05, 0) is 38.1 Å². The summed E-state index contributed by atoms with van der Waals surface area (Å²) < 4.78 is 13.7. The summed E-state index contributed by atoms with van der Waals surface area (Å²) in [5.74, 6) is 4.57. The van der Waals surface area contributed by atoms with Gasteiger partial charge in [0.1, 0.15) is 29.7 Å². The second kappa shape index (κ2) is 7.29. The maximum absolute atomic E-state index is 5.79. The molecule has 0 saturated heterocycles. The maximum atomic E-state index is 5.79. The van der Waals surface area contributed by atoms with Crippen molar-refractivity contribution in [3.63, 3.8) is 0 Å². The van der Waals surface area contributed by atoms with E-state index in [2.05, 4.69) is 37.6 Å². The van der Waals surface area contributed by atoms with Gasteiger partial charge in [0.25, 0.3) is 0 Å². The molecule has 7 nitrogen and oxygen atoms in total. The molecule has 1 aliphatic heterocycles. The van der Waals surface area contributed by atoms with Crippen LogP contribution in [0.4, 0.5) is 0 Å². The topological polar surface area (TPSA) is 69.2 Å². The Bertz CT molecular complexity index is 858. The summed E-state index contributed by atoms with van der Waals surface area (Å²) in [6, 6.07) is 8.19. The number of aryl methyl sites for hydroxylation is 1. The van der Waals surface area contributed by atoms with E-state index < -0.39 is 0 Å². The van der Waals surface area contributed by atoms with Crippen molar-refractivity contribution in [1.82, 2.24) is 24.6 Å². The van der Waals surface area contributed by atoms with Crippen molar-refractivity contribution in [1.29, 1.82) is 0 Å². The second-order valence-electron chi connectivity index (χ2n) is 6.70. The van der Waals surface area contributed by atoms with Crippen molar-refractivity contribution in [2.24, 2.45) is 0 Å². The van der Waals surface area contributed by atoms with Crippen LogP contribution in [0.5, 0.6) is 5.75 Å². The van der Waals surface area contributed by atoms with Gasteiger partial charge in [0.15, 0.2) is 5.82 Å². The van der Waals surface area contributed by atoms with Crippen LogP contribution in [0, 0.1) is 6.92 Å². The number of fused-ring (bicyclic) bond motifs is 1. The van der Waals surface area contributed by atoms with E-state index in [1.807, 2.05) is 25.1 Å². The summed E-state index contributed by atoms with van der Waals surface area (Å²) in [6.07, 6.45) is 4.29. The highest BCUT2D eigenvalue weighted by Crippen LogP contribution is 2.19. The van der Waals surface area contributed by atoms with E-state index in [0.29, 0.717) is 12.6 Å². The Morgan fingerprint density at radius 3 is 2.92 bits per heavy atom. The first kappa shape index (κ1) is 16.8. The van der Waals surface area contributed by atoms with Gasteiger partial charge in [0.05, 0.1) is 12.7 Å². The van der Waals surface area contributed by atoms with E-state index in [1.165, 1.54) is 0 Å². The lowest BCUT2D eigenvalue weighted by molar-refractivity contribution is 0.185. The maximum Gasteiger partial charge on any atom is 0.171 e. The van der Waals surface area contributed by atoms with Gasteiger partial charge in [0, 0.05) is 31.7 Å². The van der Waals surface area contributed by atoms with E-state index in [-0.39, 0.29) is 0 Å². The molecule has 0 N–H and O–H groups in total. The number of hydrogen-bond acceptors (Lipinski definition) is 6. The van der Waals surface area contributed by atoms with Crippen molar-refractivity contribution < 1.29 is 9.15 Å². The molecule has 0 fully saturated rings. The summed E-state index contributed by atoms with van der Waals surface area (Å²) in [7, 11) is 0. The van der Waals surface area contributed by atoms with Crippen LogP contribution in [-0.2, 0) is 26.1 Å². The fourth-order valence-corrected chi connectivity index (χ4v) is 3.32. The lowest BCUT2D eigenvalue weighted by atomic mass is 10.2. The second-order valence-corrected chi connectivity index (χ2v) is 6.70. The van der Waals surface area contributed by atoms with Crippen LogP contribution in [0.3, 0.4) is 0 Å². The Kier molecular flexibility index (Phi) is 4.71. The van der Waals surface area contributed by atoms with Gasteiger partial charge in [-0.1, -0.05) is 0 Å².